The number of pyridine rings is 1. The second-order valence-electron chi connectivity index (χ2n) is 4.16. The molecule has 1 heterocycles. The van der Waals surface area contributed by atoms with Crippen LogP contribution in [0.4, 0.5) is 4.39 Å². The summed E-state index contributed by atoms with van der Waals surface area (Å²) in [6.45, 7) is 1.97. The number of benzene rings is 1. The molecule has 0 saturated carbocycles. The molecule has 17 heavy (non-hydrogen) atoms. The Kier molecular flexibility index (Phi) is 3.49. The summed E-state index contributed by atoms with van der Waals surface area (Å²) in [5, 5.41) is 0. The van der Waals surface area contributed by atoms with Crippen molar-refractivity contribution in [3.8, 4) is 0 Å². The number of rotatable bonds is 3. The minimum Gasteiger partial charge on any atom is -0.324 e. The summed E-state index contributed by atoms with van der Waals surface area (Å²) < 4.78 is 13.1. The van der Waals surface area contributed by atoms with E-state index in [1.54, 1.807) is 24.5 Å². The van der Waals surface area contributed by atoms with E-state index >= 15 is 0 Å². The molecule has 1 aromatic carbocycles. The predicted molar refractivity (Wildman–Crippen MR) is 66.0 cm³/mol. The lowest BCUT2D eigenvalue weighted by molar-refractivity contribution is 0.621. The van der Waals surface area contributed by atoms with Crippen molar-refractivity contribution in [2.24, 2.45) is 5.73 Å². The molecule has 0 aliphatic rings. The summed E-state index contributed by atoms with van der Waals surface area (Å²) in [6, 6.07) is 8.45. The van der Waals surface area contributed by atoms with Gasteiger partial charge in [-0.2, -0.15) is 0 Å². The first-order valence-electron chi connectivity index (χ1n) is 5.57. The number of aromatic nitrogens is 1. The normalized spacial score (nSPS) is 12.4. The van der Waals surface area contributed by atoms with E-state index in [1.807, 2.05) is 19.1 Å². The molecular weight excluding hydrogens is 215 g/mol. The summed E-state index contributed by atoms with van der Waals surface area (Å²) in [5.74, 6) is -0.215. The third-order valence-corrected chi connectivity index (χ3v) is 2.89. The van der Waals surface area contributed by atoms with Gasteiger partial charge in [0, 0.05) is 18.4 Å². The molecule has 2 nitrogen and oxygen atoms in total. The first-order valence-corrected chi connectivity index (χ1v) is 5.57. The molecule has 2 N–H and O–H groups in total. The van der Waals surface area contributed by atoms with Gasteiger partial charge in [0.1, 0.15) is 5.82 Å². The molecule has 3 heteroatoms. The minimum absolute atomic E-state index is 0.126. The van der Waals surface area contributed by atoms with Crippen molar-refractivity contribution in [2.45, 2.75) is 19.4 Å². The Morgan fingerprint density at radius 2 is 1.94 bits per heavy atom. The molecular formula is C14H15FN2. The second-order valence-corrected chi connectivity index (χ2v) is 4.16. The van der Waals surface area contributed by atoms with E-state index in [2.05, 4.69) is 4.98 Å². The van der Waals surface area contributed by atoms with Crippen LogP contribution in [-0.4, -0.2) is 4.98 Å². The number of halogens is 1. The molecule has 0 amide bonds. The number of aryl methyl sites for hydroxylation is 1. The minimum atomic E-state index is -0.215. The van der Waals surface area contributed by atoms with Crippen LogP contribution >= 0.6 is 0 Å². The Bertz CT molecular complexity index is 497. The maximum Gasteiger partial charge on any atom is 0.123 e. The summed E-state index contributed by atoms with van der Waals surface area (Å²) >= 11 is 0. The van der Waals surface area contributed by atoms with E-state index in [-0.39, 0.29) is 11.9 Å². The number of nitrogens with zero attached hydrogens (tertiary/aromatic N) is 1. The van der Waals surface area contributed by atoms with Gasteiger partial charge < -0.3 is 5.73 Å². The summed E-state index contributed by atoms with van der Waals surface area (Å²) in [7, 11) is 0. The predicted octanol–water partition coefficient (Wildman–Crippen LogP) is 2.77. The number of nitrogens with two attached hydrogens (primary N) is 1. The first-order chi connectivity index (χ1) is 8.16. The molecule has 0 aliphatic heterocycles. The lowest BCUT2D eigenvalue weighted by atomic mass is 9.97. The molecule has 1 unspecified atom stereocenters. The average Bonchev–Trinajstić information content (AvgIpc) is 2.35. The van der Waals surface area contributed by atoms with E-state index in [0.717, 1.165) is 16.7 Å². The molecule has 0 fully saturated rings. The third kappa shape index (κ3) is 2.88. The Balaban J connectivity index is 2.18. The van der Waals surface area contributed by atoms with Gasteiger partial charge in [0.15, 0.2) is 0 Å². The van der Waals surface area contributed by atoms with E-state index < -0.39 is 0 Å². The van der Waals surface area contributed by atoms with Gasteiger partial charge in [0.2, 0.25) is 0 Å². The molecule has 1 atom stereocenters. The largest absolute Gasteiger partial charge is 0.324 e. The van der Waals surface area contributed by atoms with Crippen LogP contribution in [0.25, 0.3) is 0 Å². The lowest BCUT2D eigenvalue weighted by Crippen LogP contribution is -2.14. The van der Waals surface area contributed by atoms with Crippen LogP contribution in [0.2, 0.25) is 0 Å². The van der Waals surface area contributed by atoms with Gasteiger partial charge in [-0.25, -0.2) is 4.39 Å². The molecule has 0 spiro atoms. The SMILES string of the molecule is Cc1ccc(F)cc1CC(N)c1ccncc1. The lowest BCUT2D eigenvalue weighted by Gasteiger charge is -2.13. The van der Waals surface area contributed by atoms with Crippen molar-refractivity contribution in [2.75, 3.05) is 0 Å². The van der Waals surface area contributed by atoms with Crippen LogP contribution in [0.1, 0.15) is 22.7 Å². The standard InChI is InChI=1S/C14H15FN2/c1-10-2-3-13(15)8-12(10)9-14(16)11-4-6-17-7-5-11/h2-8,14H,9,16H2,1H3. The highest BCUT2D eigenvalue weighted by Crippen LogP contribution is 2.18. The van der Waals surface area contributed by atoms with Crippen molar-refractivity contribution in [1.29, 1.82) is 0 Å². The van der Waals surface area contributed by atoms with Crippen LogP contribution in [0.15, 0.2) is 42.7 Å². The third-order valence-electron chi connectivity index (χ3n) is 2.89. The first kappa shape index (κ1) is 11.7. The maximum atomic E-state index is 13.1. The molecule has 0 saturated heterocycles. The Labute approximate surface area is 100 Å². The van der Waals surface area contributed by atoms with Gasteiger partial charge in [-0.05, 0) is 54.3 Å². The maximum absolute atomic E-state index is 13.1. The zero-order valence-corrected chi connectivity index (χ0v) is 9.73. The molecule has 1 aromatic heterocycles. The van der Waals surface area contributed by atoms with Gasteiger partial charge in [0.05, 0.1) is 0 Å². The molecule has 2 rings (SSSR count). The van der Waals surface area contributed by atoms with Crippen molar-refractivity contribution in [1.82, 2.24) is 4.98 Å². The second kappa shape index (κ2) is 5.06. The van der Waals surface area contributed by atoms with E-state index in [4.69, 9.17) is 5.73 Å². The zero-order valence-electron chi connectivity index (χ0n) is 9.73. The molecule has 2 aromatic rings. The number of hydrogen-bond acceptors (Lipinski definition) is 2. The van der Waals surface area contributed by atoms with Crippen molar-refractivity contribution >= 4 is 0 Å². The molecule has 0 bridgehead atoms. The van der Waals surface area contributed by atoms with Gasteiger partial charge in [-0.15, -0.1) is 0 Å². The van der Waals surface area contributed by atoms with Gasteiger partial charge in [-0.1, -0.05) is 6.07 Å². The Morgan fingerprint density at radius 3 is 2.65 bits per heavy atom. The topological polar surface area (TPSA) is 38.9 Å². The zero-order chi connectivity index (χ0) is 12.3. The van der Waals surface area contributed by atoms with Gasteiger partial charge >= 0.3 is 0 Å². The highest BCUT2D eigenvalue weighted by atomic mass is 19.1. The average molecular weight is 230 g/mol. The van der Waals surface area contributed by atoms with E-state index in [9.17, 15) is 4.39 Å². The van der Waals surface area contributed by atoms with E-state index in [0.29, 0.717) is 6.42 Å². The summed E-state index contributed by atoms with van der Waals surface area (Å²) in [5.41, 5.74) is 9.13. The fraction of sp³-hybridized carbons (Fsp3) is 0.214. The van der Waals surface area contributed by atoms with Crippen LogP contribution in [0.5, 0.6) is 0 Å². The summed E-state index contributed by atoms with van der Waals surface area (Å²) in [6.07, 6.45) is 4.06. The Morgan fingerprint density at radius 1 is 1.24 bits per heavy atom. The van der Waals surface area contributed by atoms with Crippen LogP contribution in [0, 0.1) is 12.7 Å². The van der Waals surface area contributed by atoms with Crippen LogP contribution in [-0.2, 0) is 6.42 Å². The smallest absolute Gasteiger partial charge is 0.123 e. The fourth-order valence-corrected chi connectivity index (χ4v) is 1.83. The van der Waals surface area contributed by atoms with Gasteiger partial charge in [-0.3, -0.25) is 4.98 Å². The number of hydrogen-bond donors (Lipinski definition) is 1. The van der Waals surface area contributed by atoms with Crippen LogP contribution in [0.3, 0.4) is 0 Å². The highest BCUT2D eigenvalue weighted by Gasteiger charge is 2.09. The molecule has 0 aliphatic carbocycles. The van der Waals surface area contributed by atoms with Gasteiger partial charge in [0.25, 0.3) is 0 Å². The Hall–Kier alpha value is -1.74. The van der Waals surface area contributed by atoms with Crippen LogP contribution < -0.4 is 5.73 Å². The summed E-state index contributed by atoms with van der Waals surface area (Å²) in [4.78, 5) is 3.95. The molecule has 88 valence electrons. The quantitative estimate of drug-likeness (QED) is 0.880. The monoisotopic (exact) mass is 230 g/mol. The highest BCUT2D eigenvalue weighted by molar-refractivity contribution is 5.29. The molecule has 0 radical (unpaired) electrons. The van der Waals surface area contributed by atoms with Crippen molar-refractivity contribution in [3.05, 3.63) is 65.2 Å². The van der Waals surface area contributed by atoms with E-state index in [1.165, 1.54) is 6.07 Å². The van der Waals surface area contributed by atoms with Crippen molar-refractivity contribution in [3.63, 3.8) is 0 Å². The van der Waals surface area contributed by atoms with Crippen molar-refractivity contribution < 1.29 is 4.39 Å². The fourth-order valence-electron chi connectivity index (χ4n) is 1.83.